The topological polar surface area (TPSA) is 78.4 Å². The highest BCUT2D eigenvalue weighted by molar-refractivity contribution is 6.32. The summed E-state index contributed by atoms with van der Waals surface area (Å²) in [5.74, 6) is 1.76. The molecular weight excluding hydrogens is 420 g/mol. The van der Waals surface area contributed by atoms with E-state index < -0.39 is 0 Å². The van der Waals surface area contributed by atoms with Crippen molar-refractivity contribution < 1.29 is 23.7 Å². The van der Waals surface area contributed by atoms with Gasteiger partial charge in [-0.2, -0.15) is 5.10 Å². The molecule has 0 spiro atoms. The number of rotatable bonds is 12. The van der Waals surface area contributed by atoms with Gasteiger partial charge in [0, 0.05) is 5.56 Å². The molecule has 0 aliphatic heterocycles. The molecule has 1 N–H and O–H groups in total. The van der Waals surface area contributed by atoms with Gasteiger partial charge in [-0.05, 0) is 63.1 Å². The van der Waals surface area contributed by atoms with Crippen molar-refractivity contribution in [2.45, 2.75) is 34.1 Å². The largest absolute Gasteiger partial charge is 0.490 e. The van der Waals surface area contributed by atoms with E-state index in [-0.39, 0.29) is 5.91 Å². The normalized spacial score (nSPS) is 10.7. The fourth-order valence-electron chi connectivity index (χ4n) is 2.69. The molecule has 2 aromatic rings. The molecule has 0 aliphatic carbocycles. The van der Waals surface area contributed by atoms with Crippen LogP contribution in [0.2, 0.25) is 5.02 Å². The molecule has 7 nitrogen and oxygen atoms in total. The number of hydrogen-bond donors (Lipinski definition) is 1. The third-order valence-corrected chi connectivity index (χ3v) is 4.25. The zero-order valence-corrected chi connectivity index (χ0v) is 19.1. The van der Waals surface area contributed by atoms with E-state index in [2.05, 4.69) is 10.5 Å². The van der Waals surface area contributed by atoms with Crippen LogP contribution < -0.4 is 24.4 Å². The summed E-state index contributed by atoms with van der Waals surface area (Å²) in [6.07, 6.45) is 2.37. The fraction of sp³-hybridized carbons (Fsp3) is 0.391. The Hall–Kier alpha value is -2.93. The Morgan fingerprint density at radius 2 is 1.65 bits per heavy atom. The lowest BCUT2D eigenvalue weighted by Crippen LogP contribution is -2.17. The maximum Gasteiger partial charge on any atom is 0.271 e. The van der Waals surface area contributed by atoms with Crippen molar-refractivity contribution in [2.75, 3.05) is 26.4 Å². The van der Waals surface area contributed by atoms with Gasteiger partial charge in [0.25, 0.3) is 5.91 Å². The van der Waals surface area contributed by atoms with Crippen LogP contribution >= 0.6 is 11.6 Å². The van der Waals surface area contributed by atoms with Crippen LogP contribution in [0.5, 0.6) is 23.0 Å². The minimum Gasteiger partial charge on any atom is -0.490 e. The lowest BCUT2D eigenvalue weighted by molar-refractivity contribution is 0.0954. The molecule has 0 fully saturated rings. The van der Waals surface area contributed by atoms with Gasteiger partial charge in [-0.3, -0.25) is 4.79 Å². The van der Waals surface area contributed by atoms with Crippen molar-refractivity contribution in [1.82, 2.24) is 5.43 Å². The van der Waals surface area contributed by atoms with Gasteiger partial charge in [0.2, 0.25) is 0 Å². The van der Waals surface area contributed by atoms with E-state index >= 15 is 0 Å². The average molecular weight is 449 g/mol. The Balaban J connectivity index is 2.13. The molecule has 0 saturated heterocycles. The molecule has 1 amide bonds. The first-order valence-electron chi connectivity index (χ1n) is 10.4. The van der Waals surface area contributed by atoms with Crippen LogP contribution in [0.15, 0.2) is 35.4 Å². The van der Waals surface area contributed by atoms with Crippen molar-refractivity contribution in [1.29, 1.82) is 0 Å². The standard InChI is InChI=1S/C23H29ClN2O5/c1-5-11-31-19-10-9-17(14-20(19)28-6-2)23(27)26-25-15-16-12-18(24)22(30-8-4)21(13-16)29-7-3/h9-10,12-15H,5-8,11H2,1-4H3,(H,26,27)/b25-15+. The zero-order chi connectivity index (χ0) is 22.6. The summed E-state index contributed by atoms with van der Waals surface area (Å²) < 4.78 is 22.4. The Morgan fingerprint density at radius 1 is 0.935 bits per heavy atom. The predicted octanol–water partition coefficient (Wildman–Crippen LogP) is 5.09. The average Bonchev–Trinajstić information content (AvgIpc) is 2.75. The number of nitrogens with zero attached hydrogens (tertiary/aromatic N) is 1. The van der Waals surface area contributed by atoms with Gasteiger partial charge in [0.15, 0.2) is 23.0 Å². The third-order valence-electron chi connectivity index (χ3n) is 3.97. The molecule has 0 saturated carbocycles. The van der Waals surface area contributed by atoms with E-state index in [0.29, 0.717) is 65.6 Å². The number of carbonyl (C=O) groups is 1. The fourth-order valence-corrected chi connectivity index (χ4v) is 2.96. The number of hydrazone groups is 1. The highest BCUT2D eigenvalue weighted by Crippen LogP contribution is 2.36. The van der Waals surface area contributed by atoms with E-state index in [1.165, 1.54) is 6.21 Å². The van der Waals surface area contributed by atoms with E-state index in [4.69, 9.17) is 30.5 Å². The minimum absolute atomic E-state index is 0.374. The van der Waals surface area contributed by atoms with Crippen LogP contribution in [0.1, 0.15) is 50.0 Å². The summed E-state index contributed by atoms with van der Waals surface area (Å²) in [5.41, 5.74) is 3.58. The predicted molar refractivity (Wildman–Crippen MR) is 122 cm³/mol. The Bertz CT molecular complexity index is 902. The van der Waals surface area contributed by atoms with Crippen molar-refractivity contribution in [3.8, 4) is 23.0 Å². The van der Waals surface area contributed by atoms with Gasteiger partial charge in [0.1, 0.15) is 0 Å². The van der Waals surface area contributed by atoms with Crippen molar-refractivity contribution in [3.63, 3.8) is 0 Å². The molecule has 2 aromatic carbocycles. The van der Waals surface area contributed by atoms with Gasteiger partial charge >= 0.3 is 0 Å². The first kappa shape index (κ1) is 24.3. The van der Waals surface area contributed by atoms with Gasteiger partial charge in [-0.1, -0.05) is 18.5 Å². The number of nitrogens with one attached hydrogen (secondary N) is 1. The van der Waals surface area contributed by atoms with E-state index in [1.807, 2.05) is 27.7 Å². The monoisotopic (exact) mass is 448 g/mol. The Labute approximate surface area is 188 Å². The quantitative estimate of drug-likeness (QED) is 0.361. The van der Waals surface area contributed by atoms with Crippen molar-refractivity contribution in [2.24, 2.45) is 5.10 Å². The van der Waals surface area contributed by atoms with E-state index in [9.17, 15) is 4.79 Å². The summed E-state index contributed by atoms with van der Waals surface area (Å²) in [4.78, 5) is 12.5. The van der Waals surface area contributed by atoms with E-state index in [1.54, 1.807) is 30.3 Å². The summed E-state index contributed by atoms with van der Waals surface area (Å²) >= 11 is 6.30. The highest BCUT2D eigenvalue weighted by Gasteiger charge is 2.13. The number of benzene rings is 2. The molecule has 0 bridgehead atoms. The van der Waals surface area contributed by atoms with Gasteiger partial charge in [0.05, 0.1) is 37.7 Å². The maximum absolute atomic E-state index is 12.5. The van der Waals surface area contributed by atoms with Gasteiger partial charge in [-0.15, -0.1) is 0 Å². The molecule has 168 valence electrons. The van der Waals surface area contributed by atoms with Crippen molar-refractivity contribution in [3.05, 3.63) is 46.5 Å². The molecule has 0 unspecified atom stereocenters. The summed E-state index contributed by atoms with van der Waals surface area (Å²) in [7, 11) is 0. The molecular formula is C23H29ClN2O5. The summed E-state index contributed by atoms with van der Waals surface area (Å²) in [5, 5.41) is 4.44. The van der Waals surface area contributed by atoms with Crippen LogP contribution in [-0.2, 0) is 0 Å². The number of halogens is 1. The third kappa shape index (κ3) is 7.07. The van der Waals surface area contributed by atoms with Crippen LogP contribution in [-0.4, -0.2) is 38.5 Å². The maximum atomic E-state index is 12.5. The molecule has 0 aliphatic rings. The number of hydrogen-bond acceptors (Lipinski definition) is 6. The zero-order valence-electron chi connectivity index (χ0n) is 18.4. The van der Waals surface area contributed by atoms with Crippen molar-refractivity contribution >= 4 is 23.7 Å². The van der Waals surface area contributed by atoms with Gasteiger partial charge in [-0.25, -0.2) is 5.43 Å². The Kier molecular flexibility index (Phi) is 9.97. The first-order chi connectivity index (χ1) is 15.0. The lowest BCUT2D eigenvalue weighted by Gasteiger charge is -2.13. The molecule has 0 aromatic heterocycles. The second-order valence-corrected chi connectivity index (χ2v) is 6.75. The summed E-state index contributed by atoms with van der Waals surface area (Å²) in [6.45, 7) is 9.62. The minimum atomic E-state index is -0.374. The van der Waals surface area contributed by atoms with Crippen LogP contribution in [0, 0.1) is 0 Å². The second-order valence-electron chi connectivity index (χ2n) is 6.34. The van der Waals surface area contributed by atoms with Crippen LogP contribution in [0.3, 0.4) is 0 Å². The lowest BCUT2D eigenvalue weighted by atomic mass is 10.2. The summed E-state index contributed by atoms with van der Waals surface area (Å²) in [6, 6.07) is 8.47. The van der Waals surface area contributed by atoms with Gasteiger partial charge < -0.3 is 18.9 Å². The highest BCUT2D eigenvalue weighted by atomic mass is 35.5. The Morgan fingerprint density at radius 3 is 2.32 bits per heavy atom. The molecule has 2 rings (SSSR count). The molecule has 31 heavy (non-hydrogen) atoms. The number of amides is 1. The molecule has 0 radical (unpaired) electrons. The smallest absolute Gasteiger partial charge is 0.271 e. The molecule has 0 heterocycles. The SMILES string of the molecule is CCCOc1ccc(C(=O)N/N=C/c2cc(Cl)c(OCC)c(OCC)c2)cc1OCC. The first-order valence-corrected chi connectivity index (χ1v) is 10.7. The van der Waals surface area contributed by atoms with Crippen LogP contribution in [0.4, 0.5) is 0 Å². The van der Waals surface area contributed by atoms with E-state index in [0.717, 1.165) is 6.42 Å². The van der Waals surface area contributed by atoms with Crippen LogP contribution in [0.25, 0.3) is 0 Å². The number of carbonyl (C=O) groups excluding carboxylic acids is 1. The molecule has 8 heteroatoms. The molecule has 0 atom stereocenters. The number of ether oxygens (including phenoxy) is 4. The second kappa shape index (κ2) is 12.7.